The third kappa shape index (κ3) is 2.35. The number of rotatable bonds is 1. The Kier molecular flexibility index (Phi) is 3.72. The average molecular weight is 433 g/mol. The number of nitriles is 2. The Hall–Kier alpha value is -3.44. The van der Waals surface area contributed by atoms with Gasteiger partial charge in [-0.05, 0) is 62.5 Å². The van der Waals surface area contributed by atoms with Gasteiger partial charge in [0.25, 0.3) is 0 Å². The van der Waals surface area contributed by atoms with Crippen LogP contribution in [-0.2, 0) is 5.41 Å². The number of nitrogens with zero attached hydrogens (tertiary/aromatic N) is 2. The molecule has 0 spiro atoms. The first-order valence-corrected chi connectivity index (χ1v) is 11.8. The Labute approximate surface area is 189 Å². The van der Waals surface area contributed by atoms with Crippen molar-refractivity contribution in [3.8, 4) is 43.5 Å². The van der Waals surface area contributed by atoms with Crippen LogP contribution >= 0.6 is 22.7 Å². The maximum absolute atomic E-state index is 9.61. The fourth-order valence-electron chi connectivity index (χ4n) is 4.91. The molecule has 146 valence electrons. The van der Waals surface area contributed by atoms with Gasteiger partial charge >= 0.3 is 0 Å². The van der Waals surface area contributed by atoms with E-state index in [0.29, 0.717) is 0 Å². The summed E-state index contributed by atoms with van der Waals surface area (Å²) < 4.78 is 0. The van der Waals surface area contributed by atoms with Gasteiger partial charge in [-0.2, -0.15) is 10.5 Å². The first-order chi connectivity index (χ1) is 15.0. The fraction of sp³-hybridized carbons (Fsp3) is 0.111. The summed E-state index contributed by atoms with van der Waals surface area (Å²) in [5, 5.41) is 21.4. The molecule has 31 heavy (non-hydrogen) atoms. The standard InChI is InChI=1S/C27H16N2S2/c1-27(2)21-9-10-30-25(21)26-22(27)12-23(31-26)15-7-8-18-17-5-3-4-6-19(17)24(20(18)11-15)16(13-28)14-29/h3-12H,1-2H3. The molecule has 0 N–H and O–H groups in total. The van der Waals surface area contributed by atoms with Gasteiger partial charge in [0.15, 0.2) is 0 Å². The van der Waals surface area contributed by atoms with Gasteiger partial charge in [0.05, 0.1) is 0 Å². The SMILES string of the molecule is CC1(C)c2ccsc2-c2sc(-c3ccc4c(c3)C(=C(C#N)C#N)c3ccccc3-4)cc21. The summed E-state index contributed by atoms with van der Waals surface area (Å²) in [7, 11) is 0. The molecule has 2 aromatic carbocycles. The molecule has 2 aromatic heterocycles. The highest BCUT2D eigenvalue weighted by Gasteiger charge is 2.38. The smallest absolute Gasteiger partial charge is 0.138 e. The predicted octanol–water partition coefficient (Wildman–Crippen LogP) is 7.61. The van der Waals surface area contributed by atoms with E-state index in [-0.39, 0.29) is 11.0 Å². The van der Waals surface area contributed by atoms with Crippen LogP contribution in [0.2, 0.25) is 0 Å². The highest BCUT2D eigenvalue weighted by Crippen LogP contribution is 2.56. The molecule has 0 aliphatic heterocycles. The quantitative estimate of drug-likeness (QED) is 0.256. The van der Waals surface area contributed by atoms with E-state index in [2.05, 4.69) is 67.8 Å². The summed E-state index contributed by atoms with van der Waals surface area (Å²) in [5.74, 6) is 0. The first kappa shape index (κ1) is 18.3. The molecule has 2 nitrogen and oxygen atoms in total. The number of hydrogen-bond acceptors (Lipinski definition) is 4. The highest BCUT2D eigenvalue weighted by molar-refractivity contribution is 7.23. The van der Waals surface area contributed by atoms with E-state index in [1.54, 1.807) is 0 Å². The second kappa shape index (κ2) is 6.28. The maximum Gasteiger partial charge on any atom is 0.138 e. The Morgan fingerprint density at radius 1 is 0.806 bits per heavy atom. The van der Waals surface area contributed by atoms with Crippen molar-refractivity contribution >= 4 is 28.2 Å². The van der Waals surface area contributed by atoms with E-state index >= 15 is 0 Å². The maximum atomic E-state index is 9.61. The summed E-state index contributed by atoms with van der Waals surface area (Å²) in [6.07, 6.45) is 0. The zero-order chi connectivity index (χ0) is 21.3. The molecule has 2 heterocycles. The Bertz CT molecular complexity index is 1510. The number of benzene rings is 2. The summed E-state index contributed by atoms with van der Waals surface area (Å²) >= 11 is 3.66. The van der Waals surface area contributed by atoms with Gasteiger partial charge in [0.1, 0.15) is 17.7 Å². The number of fused-ring (bicyclic) bond motifs is 6. The van der Waals surface area contributed by atoms with E-state index in [1.165, 1.54) is 25.8 Å². The zero-order valence-electron chi connectivity index (χ0n) is 17.0. The van der Waals surface area contributed by atoms with Crippen molar-refractivity contribution < 1.29 is 0 Å². The average Bonchev–Trinajstić information content (AvgIpc) is 3.53. The van der Waals surface area contributed by atoms with E-state index in [0.717, 1.165) is 33.4 Å². The van der Waals surface area contributed by atoms with Crippen LogP contribution in [0, 0.1) is 22.7 Å². The van der Waals surface area contributed by atoms with Gasteiger partial charge in [0.2, 0.25) is 0 Å². The van der Waals surface area contributed by atoms with Crippen LogP contribution < -0.4 is 0 Å². The lowest BCUT2D eigenvalue weighted by atomic mass is 9.84. The summed E-state index contributed by atoms with van der Waals surface area (Å²) in [6.45, 7) is 4.60. The third-order valence-electron chi connectivity index (χ3n) is 6.48. The van der Waals surface area contributed by atoms with Crippen LogP contribution in [0.1, 0.15) is 36.1 Å². The molecule has 0 fully saturated rings. The minimum atomic E-state index is 0.0201. The summed E-state index contributed by atoms with van der Waals surface area (Å²) in [5.41, 5.74) is 8.99. The van der Waals surface area contributed by atoms with Crippen LogP contribution in [0.5, 0.6) is 0 Å². The largest absolute Gasteiger partial charge is 0.192 e. The first-order valence-electron chi connectivity index (χ1n) is 10.1. The lowest BCUT2D eigenvalue weighted by molar-refractivity contribution is 0.663. The Morgan fingerprint density at radius 3 is 2.32 bits per heavy atom. The van der Waals surface area contributed by atoms with E-state index in [9.17, 15) is 10.5 Å². The van der Waals surface area contributed by atoms with Crippen LogP contribution in [0.15, 0.2) is 65.6 Å². The van der Waals surface area contributed by atoms with Gasteiger partial charge in [0, 0.05) is 25.6 Å². The molecule has 2 aliphatic rings. The molecule has 4 aromatic rings. The van der Waals surface area contributed by atoms with E-state index in [1.807, 2.05) is 40.9 Å². The molecule has 0 bridgehead atoms. The third-order valence-corrected chi connectivity index (χ3v) is 8.75. The minimum absolute atomic E-state index is 0.0201. The van der Waals surface area contributed by atoms with Crippen LogP contribution in [-0.4, -0.2) is 0 Å². The molecule has 0 saturated carbocycles. The molecule has 2 aliphatic carbocycles. The van der Waals surface area contributed by atoms with E-state index in [4.69, 9.17) is 0 Å². The van der Waals surface area contributed by atoms with Crippen molar-refractivity contribution in [1.82, 2.24) is 0 Å². The second-order valence-electron chi connectivity index (χ2n) is 8.42. The molecular weight excluding hydrogens is 416 g/mol. The topological polar surface area (TPSA) is 47.6 Å². The Morgan fingerprint density at radius 2 is 1.55 bits per heavy atom. The highest BCUT2D eigenvalue weighted by atomic mass is 32.1. The molecule has 0 radical (unpaired) electrons. The lowest BCUT2D eigenvalue weighted by Crippen LogP contribution is -2.13. The second-order valence-corrected chi connectivity index (χ2v) is 10.4. The number of allylic oxidation sites excluding steroid dienone is 1. The van der Waals surface area contributed by atoms with Crippen LogP contribution in [0.25, 0.3) is 36.9 Å². The van der Waals surface area contributed by atoms with Crippen molar-refractivity contribution in [2.75, 3.05) is 0 Å². The normalized spacial score (nSPS) is 14.3. The zero-order valence-corrected chi connectivity index (χ0v) is 18.6. The van der Waals surface area contributed by atoms with Gasteiger partial charge < -0.3 is 0 Å². The molecule has 0 atom stereocenters. The summed E-state index contributed by atoms with van der Waals surface area (Å²) in [6, 6.07) is 23.3. The molecule has 4 heteroatoms. The number of thiophene rings is 2. The van der Waals surface area contributed by atoms with Gasteiger partial charge in [-0.3, -0.25) is 0 Å². The monoisotopic (exact) mass is 432 g/mol. The van der Waals surface area contributed by atoms with Crippen molar-refractivity contribution in [3.05, 3.63) is 87.8 Å². The summed E-state index contributed by atoms with van der Waals surface area (Å²) in [4.78, 5) is 3.99. The minimum Gasteiger partial charge on any atom is -0.192 e. The molecule has 0 amide bonds. The molecule has 0 unspecified atom stereocenters. The predicted molar refractivity (Wildman–Crippen MR) is 128 cm³/mol. The van der Waals surface area contributed by atoms with Gasteiger partial charge in [-0.15, -0.1) is 22.7 Å². The van der Waals surface area contributed by atoms with Crippen LogP contribution in [0.4, 0.5) is 0 Å². The Balaban J connectivity index is 1.56. The van der Waals surface area contributed by atoms with E-state index < -0.39 is 0 Å². The number of hydrogen-bond donors (Lipinski definition) is 0. The van der Waals surface area contributed by atoms with Crippen molar-refractivity contribution in [2.45, 2.75) is 19.3 Å². The molecule has 6 rings (SSSR count). The fourth-order valence-corrected chi connectivity index (χ4v) is 7.46. The van der Waals surface area contributed by atoms with Gasteiger partial charge in [-0.1, -0.05) is 50.2 Å². The van der Waals surface area contributed by atoms with Crippen LogP contribution in [0.3, 0.4) is 0 Å². The van der Waals surface area contributed by atoms with Crippen molar-refractivity contribution in [2.24, 2.45) is 0 Å². The molecular formula is C27H16N2S2. The van der Waals surface area contributed by atoms with Gasteiger partial charge in [-0.25, -0.2) is 0 Å². The molecule has 0 saturated heterocycles. The lowest BCUT2D eigenvalue weighted by Gasteiger charge is -2.18. The van der Waals surface area contributed by atoms with Crippen molar-refractivity contribution in [3.63, 3.8) is 0 Å². The van der Waals surface area contributed by atoms with Crippen molar-refractivity contribution in [1.29, 1.82) is 10.5 Å².